The largest absolute Gasteiger partial charge is 0.478 e. The minimum atomic E-state index is -2.02. The molecule has 0 heterocycles. The van der Waals surface area contributed by atoms with Gasteiger partial charge in [-0.15, -0.1) is 0 Å². The van der Waals surface area contributed by atoms with Gasteiger partial charge in [-0.1, -0.05) is 43.7 Å². The van der Waals surface area contributed by atoms with Crippen molar-refractivity contribution in [3.8, 4) is 0 Å². The molecule has 3 N–H and O–H groups in total. The molecule has 2 aromatic rings. The quantitative estimate of drug-likeness (QED) is 0.608. The highest BCUT2D eigenvalue weighted by Crippen LogP contribution is 2.28. The summed E-state index contributed by atoms with van der Waals surface area (Å²) < 4.78 is 21.2. The standard InChI is InChI=1S/C20H25NO4S/c1-4-18(21-12-15-6-8-16(9-7-15)20(22)23)14(3)17-11-13(2)5-10-19(17)26(24)25/h5-11,14,18,21H,4,12H2,1-3H3,(H,22,23)(H,24,25). The Morgan fingerprint density at radius 1 is 1.19 bits per heavy atom. The zero-order valence-corrected chi connectivity index (χ0v) is 16.0. The fourth-order valence-electron chi connectivity index (χ4n) is 3.09. The van der Waals surface area contributed by atoms with Crippen LogP contribution in [0.25, 0.3) is 0 Å². The predicted octanol–water partition coefficient (Wildman–Crippen LogP) is 3.95. The molecule has 0 spiro atoms. The zero-order chi connectivity index (χ0) is 19.3. The number of nitrogens with one attached hydrogen (secondary N) is 1. The Morgan fingerprint density at radius 3 is 2.38 bits per heavy atom. The van der Waals surface area contributed by atoms with Crippen LogP contribution in [0.1, 0.15) is 53.2 Å². The van der Waals surface area contributed by atoms with Crippen molar-refractivity contribution in [3.05, 3.63) is 64.7 Å². The lowest BCUT2D eigenvalue weighted by molar-refractivity contribution is 0.0697. The Hall–Kier alpha value is -2.02. The lowest BCUT2D eigenvalue weighted by Crippen LogP contribution is -2.33. The van der Waals surface area contributed by atoms with Crippen molar-refractivity contribution in [2.45, 2.75) is 50.6 Å². The van der Waals surface area contributed by atoms with Crippen LogP contribution >= 0.6 is 0 Å². The van der Waals surface area contributed by atoms with Gasteiger partial charge >= 0.3 is 5.97 Å². The first-order valence-corrected chi connectivity index (χ1v) is 9.71. The van der Waals surface area contributed by atoms with E-state index in [1.54, 1.807) is 30.3 Å². The Bertz CT molecular complexity index is 789. The Morgan fingerprint density at radius 2 is 1.85 bits per heavy atom. The van der Waals surface area contributed by atoms with Gasteiger partial charge in [0.2, 0.25) is 0 Å². The molecule has 3 atom stereocenters. The number of carbonyl (C=O) groups is 1. The van der Waals surface area contributed by atoms with Crippen LogP contribution in [0.15, 0.2) is 47.4 Å². The van der Waals surface area contributed by atoms with Gasteiger partial charge in [0.15, 0.2) is 11.1 Å². The number of aromatic carboxylic acids is 1. The summed E-state index contributed by atoms with van der Waals surface area (Å²) in [6.07, 6.45) is 0.861. The van der Waals surface area contributed by atoms with Gasteiger partial charge in [0.25, 0.3) is 0 Å². The second-order valence-electron chi connectivity index (χ2n) is 6.48. The molecule has 0 saturated carbocycles. The highest BCUT2D eigenvalue weighted by molar-refractivity contribution is 7.79. The maximum Gasteiger partial charge on any atom is 0.335 e. The Labute approximate surface area is 156 Å². The number of hydrogen-bond donors (Lipinski definition) is 3. The van der Waals surface area contributed by atoms with E-state index < -0.39 is 17.0 Å². The summed E-state index contributed by atoms with van der Waals surface area (Å²) >= 11 is -2.02. The molecule has 0 aliphatic heterocycles. The number of aryl methyl sites for hydroxylation is 1. The summed E-state index contributed by atoms with van der Waals surface area (Å²) in [7, 11) is 0. The van der Waals surface area contributed by atoms with Gasteiger partial charge in [0, 0.05) is 12.6 Å². The van der Waals surface area contributed by atoms with Crippen molar-refractivity contribution < 1.29 is 18.7 Å². The highest BCUT2D eigenvalue weighted by Gasteiger charge is 2.21. The van der Waals surface area contributed by atoms with Crippen molar-refractivity contribution in [2.75, 3.05) is 0 Å². The fourth-order valence-corrected chi connectivity index (χ4v) is 3.72. The number of hydrogen-bond acceptors (Lipinski definition) is 3. The molecular weight excluding hydrogens is 350 g/mol. The van der Waals surface area contributed by atoms with Crippen LogP contribution in [0.2, 0.25) is 0 Å². The molecule has 3 unspecified atom stereocenters. The third-order valence-corrected chi connectivity index (χ3v) is 5.40. The van der Waals surface area contributed by atoms with E-state index in [2.05, 4.69) is 19.2 Å². The zero-order valence-electron chi connectivity index (χ0n) is 15.2. The summed E-state index contributed by atoms with van der Waals surface area (Å²) in [6, 6.07) is 12.4. The van der Waals surface area contributed by atoms with Crippen LogP contribution in [0.5, 0.6) is 0 Å². The third kappa shape index (κ3) is 5.00. The van der Waals surface area contributed by atoms with E-state index in [1.807, 2.05) is 19.1 Å². The second kappa shape index (κ2) is 9.07. The first-order valence-electron chi connectivity index (χ1n) is 8.60. The van der Waals surface area contributed by atoms with Crippen LogP contribution in [0, 0.1) is 6.92 Å². The number of benzene rings is 2. The Balaban J connectivity index is 2.14. The van der Waals surface area contributed by atoms with Crippen molar-refractivity contribution in [3.63, 3.8) is 0 Å². The van der Waals surface area contributed by atoms with Gasteiger partial charge in [-0.2, -0.15) is 0 Å². The van der Waals surface area contributed by atoms with E-state index in [-0.39, 0.29) is 17.5 Å². The third-order valence-electron chi connectivity index (χ3n) is 4.66. The number of rotatable bonds is 8. The van der Waals surface area contributed by atoms with Crippen LogP contribution in [0.3, 0.4) is 0 Å². The molecule has 0 amide bonds. The van der Waals surface area contributed by atoms with Gasteiger partial charge in [0.05, 0.1) is 10.5 Å². The lowest BCUT2D eigenvalue weighted by atomic mass is 9.90. The molecule has 0 saturated heterocycles. The van der Waals surface area contributed by atoms with Crippen LogP contribution in [0.4, 0.5) is 0 Å². The molecule has 140 valence electrons. The first-order chi connectivity index (χ1) is 12.3. The van der Waals surface area contributed by atoms with E-state index in [1.165, 1.54) is 0 Å². The summed E-state index contributed by atoms with van der Waals surface area (Å²) in [5.41, 5.74) is 3.20. The average molecular weight is 375 g/mol. The molecular formula is C20H25NO4S. The van der Waals surface area contributed by atoms with Gasteiger partial charge in [-0.25, -0.2) is 9.00 Å². The molecule has 26 heavy (non-hydrogen) atoms. The molecule has 0 aliphatic rings. The van der Waals surface area contributed by atoms with Crippen molar-refractivity contribution in [2.24, 2.45) is 0 Å². The molecule has 0 bridgehead atoms. The fraction of sp³-hybridized carbons (Fsp3) is 0.350. The predicted molar refractivity (Wildman–Crippen MR) is 103 cm³/mol. The van der Waals surface area contributed by atoms with Crippen molar-refractivity contribution >= 4 is 17.0 Å². The smallest absolute Gasteiger partial charge is 0.335 e. The van der Waals surface area contributed by atoms with Gasteiger partial charge < -0.3 is 15.0 Å². The normalized spacial score (nSPS) is 14.6. The minimum Gasteiger partial charge on any atom is -0.478 e. The molecule has 0 radical (unpaired) electrons. The van der Waals surface area contributed by atoms with E-state index in [0.29, 0.717) is 11.4 Å². The molecule has 0 fully saturated rings. The minimum absolute atomic E-state index is 0.0595. The monoisotopic (exact) mass is 375 g/mol. The van der Waals surface area contributed by atoms with Crippen molar-refractivity contribution in [1.29, 1.82) is 0 Å². The molecule has 6 heteroatoms. The second-order valence-corrected chi connectivity index (χ2v) is 7.41. The molecule has 0 aliphatic carbocycles. The summed E-state index contributed by atoms with van der Waals surface area (Å²) in [4.78, 5) is 11.4. The lowest BCUT2D eigenvalue weighted by Gasteiger charge is -2.26. The van der Waals surface area contributed by atoms with Gasteiger partial charge in [-0.3, -0.25) is 0 Å². The highest BCUT2D eigenvalue weighted by atomic mass is 32.2. The molecule has 2 aromatic carbocycles. The molecule has 5 nitrogen and oxygen atoms in total. The molecule has 0 aromatic heterocycles. The maximum absolute atomic E-state index is 11.7. The average Bonchev–Trinajstić information content (AvgIpc) is 2.62. The van der Waals surface area contributed by atoms with E-state index >= 15 is 0 Å². The summed E-state index contributed by atoms with van der Waals surface area (Å²) in [5.74, 6) is -0.877. The molecule has 2 rings (SSSR count). The maximum atomic E-state index is 11.7. The number of carboxylic acid groups (broad SMARTS) is 1. The number of carboxylic acids is 1. The van der Waals surface area contributed by atoms with Gasteiger partial charge in [0.1, 0.15) is 0 Å². The Kier molecular flexibility index (Phi) is 7.08. The van der Waals surface area contributed by atoms with Crippen LogP contribution < -0.4 is 5.32 Å². The van der Waals surface area contributed by atoms with E-state index in [9.17, 15) is 13.6 Å². The van der Waals surface area contributed by atoms with Crippen LogP contribution in [-0.4, -0.2) is 25.9 Å². The summed E-state index contributed by atoms with van der Waals surface area (Å²) in [6.45, 7) is 6.71. The SMILES string of the molecule is CCC(NCc1ccc(C(=O)O)cc1)C(C)c1cc(C)ccc1S(=O)O. The summed E-state index contributed by atoms with van der Waals surface area (Å²) in [5, 5.41) is 12.5. The van der Waals surface area contributed by atoms with E-state index in [0.717, 1.165) is 23.1 Å². The van der Waals surface area contributed by atoms with Crippen molar-refractivity contribution in [1.82, 2.24) is 5.32 Å². The van der Waals surface area contributed by atoms with Crippen LogP contribution in [-0.2, 0) is 17.6 Å². The first kappa shape index (κ1) is 20.3. The van der Waals surface area contributed by atoms with Gasteiger partial charge in [-0.05, 0) is 48.6 Å². The topological polar surface area (TPSA) is 86.6 Å². The van der Waals surface area contributed by atoms with E-state index in [4.69, 9.17) is 5.11 Å².